The molecule has 1 aliphatic carbocycles. The van der Waals surface area contributed by atoms with E-state index in [0.717, 1.165) is 36.4 Å². The molecule has 2 aromatic rings. The van der Waals surface area contributed by atoms with Crippen LogP contribution in [0, 0.1) is 11.7 Å². The molecule has 1 saturated heterocycles. The number of hydrogen-bond acceptors (Lipinski definition) is 5. The third-order valence-corrected chi connectivity index (χ3v) is 9.87. The maximum absolute atomic E-state index is 13.7. The van der Waals surface area contributed by atoms with Gasteiger partial charge in [-0.2, -0.15) is 26.3 Å². The quantitative estimate of drug-likeness (QED) is 0.386. The summed E-state index contributed by atoms with van der Waals surface area (Å²) in [4.78, 5) is 12.5. The van der Waals surface area contributed by atoms with Crippen LogP contribution in [0.3, 0.4) is 0 Å². The van der Waals surface area contributed by atoms with Crippen molar-refractivity contribution in [3.8, 4) is 0 Å². The van der Waals surface area contributed by atoms with E-state index in [-0.39, 0.29) is 29.3 Å². The summed E-state index contributed by atoms with van der Waals surface area (Å²) in [5.74, 6) is -1.98. The molecule has 2 aromatic carbocycles. The lowest BCUT2D eigenvalue weighted by atomic mass is 9.69. The molecule has 0 aromatic heterocycles. The maximum atomic E-state index is 13.7. The number of aliphatic hydroxyl groups is 1. The van der Waals surface area contributed by atoms with Crippen molar-refractivity contribution in [2.24, 2.45) is 5.92 Å². The van der Waals surface area contributed by atoms with Gasteiger partial charge < -0.3 is 15.2 Å². The molecular formula is C25H24F7NO5S. The van der Waals surface area contributed by atoms with E-state index in [1.54, 1.807) is 0 Å². The van der Waals surface area contributed by atoms with E-state index in [4.69, 9.17) is 4.74 Å². The summed E-state index contributed by atoms with van der Waals surface area (Å²) in [6, 6.07) is 5.86. The highest BCUT2D eigenvalue weighted by Gasteiger charge is 2.71. The fraction of sp³-hybridized carbons (Fsp3) is 0.480. The van der Waals surface area contributed by atoms with Crippen molar-refractivity contribution in [1.82, 2.24) is 5.32 Å². The highest BCUT2D eigenvalue weighted by molar-refractivity contribution is 7.92. The molecule has 2 aliphatic rings. The summed E-state index contributed by atoms with van der Waals surface area (Å²) in [5.41, 5.74) is -6.90. The molecule has 0 radical (unpaired) electrons. The SMILES string of the molecule is O=C(NC1CCOCC1)C1CC(c2ccc(C(O)(C(F)(F)F)C(F)(F)F)cc2)(S(=O)(=O)c2ccc(F)cc2)C1. The molecule has 39 heavy (non-hydrogen) atoms. The highest BCUT2D eigenvalue weighted by Crippen LogP contribution is 2.55. The van der Waals surface area contributed by atoms with Gasteiger partial charge in [-0.25, -0.2) is 12.8 Å². The van der Waals surface area contributed by atoms with Gasteiger partial charge in [-0.1, -0.05) is 24.3 Å². The number of amides is 1. The molecule has 214 valence electrons. The van der Waals surface area contributed by atoms with Crippen LogP contribution in [0.15, 0.2) is 53.4 Å². The predicted octanol–water partition coefficient (Wildman–Crippen LogP) is 4.51. The van der Waals surface area contributed by atoms with Crippen LogP contribution >= 0.6 is 0 Å². The lowest BCUT2D eigenvalue weighted by molar-refractivity contribution is -0.376. The minimum Gasteiger partial charge on any atom is -0.381 e. The zero-order chi connectivity index (χ0) is 28.9. The van der Waals surface area contributed by atoms with Gasteiger partial charge in [-0.05, 0) is 55.5 Å². The second-order valence-electron chi connectivity index (χ2n) is 9.74. The van der Waals surface area contributed by atoms with Gasteiger partial charge in [-0.15, -0.1) is 0 Å². The average Bonchev–Trinajstić information content (AvgIpc) is 2.82. The van der Waals surface area contributed by atoms with Crippen LogP contribution in [-0.2, 0) is 29.7 Å². The van der Waals surface area contributed by atoms with E-state index in [1.807, 2.05) is 0 Å². The number of benzene rings is 2. The predicted molar refractivity (Wildman–Crippen MR) is 122 cm³/mol. The van der Waals surface area contributed by atoms with Crippen LogP contribution in [0.4, 0.5) is 30.7 Å². The van der Waals surface area contributed by atoms with E-state index in [0.29, 0.717) is 38.2 Å². The first-order valence-corrected chi connectivity index (χ1v) is 13.4. The van der Waals surface area contributed by atoms with Crippen LogP contribution < -0.4 is 5.32 Å². The number of carbonyl (C=O) groups is 1. The van der Waals surface area contributed by atoms with Crippen molar-refractivity contribution in [2.75, 3.05) is 13.2 Å². The molecule has 4 rings (SSSR count). The van der Waals surface area contributed by atoms with Crippen molar-refractivity contribution in [3.63, 3.8) is 0 Å². The number of nitrogens with one attached hydrogen (secondary N) is 1. The summed E-state index contributed by atoms with van der Waals surface area (Å²) in [5, 5.41) is 12.5. The molecule has 0 atom stereocenters. The molecule has 1 aliphatic heterocycles. The monoisotopic (exact) mass is 583 g/mol. The van der Waals surface area contributed by atoms with Gasteiger partial charge in [0.2, 0.25) is 5.91 Å². The van der Waals surface area contributed by atoms with Crippen LogP contribution in [0.1, 0.15) is 36.8 Å². The molecule has 2 N–H and O–H groups in total. The Balaban J connectivity index is 1.71. The fourth-order valence-corrected chi connectivity index (χ4v) is 7.27. The smallest absolute Gasteiger partial charge is 0.381 e. The molecule has 0 unspecified atom stereocenters. The Morgan fingerprint density at radius 2 is 1.41 bits per heavy atom. The van der Waals surface area contributed by atoms with Crippen molar-refractivity contribution in [2.45, 2.75) is 59.3 Å². The minimum atomic E-state index is -6.12. The Labute approximate surface area is 219 Å². The van der Waals surface area contributed by atoms with Crippen molar-refractivity contribution < 1.29 is 53.8 Å². The van der Waals surface area contributed by atoms with Crippen molar-refractivity contribution >= 4 is 15.7 Å². The summed E-state index contributed by atoms with van der Waals surface area (Å²) >= 11 is 0. The van der Waals surface area contributed by atoms with E-state index in [9.17, 15) is 49.1 Å². The normalized spacial score (nSPS) is 23.2. The molecule has 1 saturated carbocycles. The Bertz CT molecular complexity index is 1280. The second-order valence-corrected chi connectivity index (χ2v) is 12.0. The third-order valence-electron chi connectivity index (χ3n) is 7.38. The lowest BCUT2D eigenvalue weighted by Gasteiger charge is -2.47. The molecule has 1 heterocycles. The molecule has 1 amide bonds. The van der Waals surface area contributed by atoms with E-state index < -0.39 is 55.7 Å². The molecule has 0 spiro atoms. The van der Waals surface area contributed by atoms with E-state index in [2.05, 4.69) is 5.32 Å². The molecule has 14 heteroatoms. The van der Waals surface area contributed by atoms with Crippen LogP contribution in [0.2, 0.25) is 0 Å². The second kappa shape index (κ2) is 10.0. The van der Waals surface area contributed by atoms with Gasteiger partial charge in [-0.3, -0.25) is 4.79 Å². The number of sulfone groups is 1. The minimum absolute atomic E-state index is 0.169. The topological polar surface area (TPSA) is 92.7 Å². The lowest BCUT2D eigenvalue weighted by Crippen LogP contribution is -2.55. The highest BCUT2D eigenvalue weighted by atomic mass is 32.2. The first-order valence-electron chi connectivity index (χ1n) is 11.9. The number of alkyl halides is 6. The van der Waals surface area contributed by atoms with Crippen molar-refractivity contribution in [1.29, 1.82) is 0 Å². The summed E-state index contributed by atoms with van der Waals surface area (Å²) in [7, 11) is -4.41. The number of halogens is 7. The molecule has 2 fully saturated rings. The Morgan fingerprint density at radius 3 is 1.90 bits per heavy atom. The fourth-order valence-electron chi connectivity index (χ4n) is 5.04. The Hall–Kier alpha value is -2.71. The summed E-state index contributed by atoms with van der Waals surface area (Å²) in [6.07, 6.45) is -11.8. The van der Waals surface area contributed by atoms with Gasteiger partial charge in [0.05, 0.1) is 4.90 Å². The van der Waals surface area contributed by atoms with Crippen molar-refractivity contribution in [3.05, 3.63) is 65.5 Å². The Kier molecular flexibility index (Phi) is 7.54. The molecular weight excluding hydrogens is 559 g/mol. The number of hydrogen-bond donors (Lipinski definition) is 2. The van der Waals surface area contributed by atoms with E-state index in [1.165, 1.54) is 0 Å². The first-order chi connectivity index (χ1) is 18.0. The summed E-state index contributed by atoms with van der Waals surface area (Å²) < 4.78 is 124. The molecule has 6 nitrogen and oxygen atoms in total. The maximum Gasteiger partial charge on any atom is 0.430 e. The van der Waals surface area contributed by atoms with Crippen LogP contribution in [0.25, 0.3) is 0 Å². The van der Waals surface area contributed by atoms with Crippen LogP contribution in [-0.4, -0.2) is 51.0 Å². The van der Waals surface area contributed by atoms with E-state index >= 15 is 0 Å². The van der Waals surface area contributed by atoms with Gasteiger partial charge in [0.25, 0.3) is 5.60 Å². The standard InChI is InChI=1S/C25H24F7NO5S/c26-18-5-7-20(8-6-18)39(36,37)22(13-15(14-22)21(34)33-19-9-11-38-12-10-19)16-1-3-17(4-2-16)23(35,24(27,28)29)25(30,31)32/h1-8,15,19,35H,9-14H2,(H,33,34). The van der Waals surface area contributed by atoms with Gasteiger partial charge >= 0.3 is 12.4 Å². The largest absolute Gasteiger partial charge is 0.430 e. The van der Waals surface area contributed by atoms with Crippen LogP contribution in [0.5, 0.6) is 0 Å². The zero-order valence-electron chi connectivity index (χ0n) is 20.2. The average molecular weight is 584 g/mol. The van der Waals surface area contributed by atoms with Gasteiger partial charge in [0.15, 0.2) is 9.84 Å². The molecule has 0 bridgehead atoms. The number of ether oxygens (including phenoxy) is 1. The number of carbonyl (C=O) groups excluding carboxylic acids is 1. The Morgan fingerprint density at radius 1 is 0.897 bits per heavy atom. The summed E-state index contributed by atoms with van der Waals surface area (Å²) in [6.45, 7) is 0.875. The first kappa shape index (κ1) is 29.3. The van der Waals surface area contributed by atoms with Gasteiger partial charge in [0.1, 0.15) is 10.6 Å². The van der Waals surface area contributed by atoms with Gasteiger partial charge in [0, 0.05) is 30.7 Å². The zero-order valence-corrected chi connectivity index (χ0v) is 21.0. The third kappa shape index (κ3) is 5.02. The number of rotatable bonds is 6.